The average molecular weight is 515 g/mol. The lowest BCUT2D eigenvalue weighted by Crippen LogP contribution is -2.32. The van der Waals surface area contributed by atoms with E-state index >= 15 is 0 Å². The number of nitrogens with one attached hydrogen (secondary N) is 2. The van der Waals surface area contributed by atoms with Crippen molar-refractivity contribution in [3.63, 3.8) is 0 Å². The summed E-state index contributed by atoms with van der Waals surface area (Å²) in [5.74, 6) is -1.56. The number of rotatable bonds is 5. The molecule has 172 valence electrons. The second kappa shape index (κ2) is 9.50. The molecule has 1 aliphatic rings. The SMILES string of the molecule is Cc1ccc(Cl)cc1NC(=O)c1ccc(NC2=C(Cl)C(=O)N(c3cccc(Cl)c3C)C2=O)cc1. The van der Waals surface area contributed by atoms with Gasteiger partial charge in [0.2, 0.25) is 0 Å². The summed E-state index contributed by atoms with van der Waals surface area (Å²) in [6.45, 7) is 3.58. The quantitative estimate of drug-likeness (QED) is 0.392. The van der Waals surface area contributed by atoms with Crippen LogP contribution in [0.1, 0.15) is 21.5 Å². The molecule has 0 unspecified atom stereocenters. The van der Waals surface area contributed by atoms with Crippen LogP contribution in [0.25, 0.3) is 0 Å². The molecule has 2 N–H and O–H groups in total. The summed E-state index contributed by atoms with van der Waals surface area (Å²) in [6.07, 6.45) is 0. The number of benzene rings is 3. The third kappa shape index (κ3) is 4.53. The van der Waals surface area contributed by atoms with E-state index in [9.17, 15) is 14.4 Å². The number of anilines is 3. The molecular formula is C25H18Cl3N3O3. The molecule has 0 aliphatic carbocycles. The monoisotopic (exact) mass is 513 g/mol. The van der Waals surface area contributed by atoms with Gasteiger partial charge in [0, 0.05) is 27.0 Å². The lowest BCUT2D eigenvalue weighted by Gasteiger charge is -2.18. The van der Waals surface area contributed by atoms with Crippen LogP contribution < -0.4 is 15.5 Å². The average Bonchev–Trinajstić information content (AvgIpc) is 3.02. The third-order valence-electron chi connectivity index (χ3n) is 5.37. The van der Waals surface area contributed by atoms with Crippen molar-refractivity contribution in [3.05, 3.63) is 98.1 Å². The van der Waals surface area contributed by atoms with Gasteiger partial charge in [0.05, 0.1) is 5.69 Å². The number of hydrogen-bond acceptors (Lipinski definition) is 4. The van der Waals surface area contributed by atoms with Crippen molar-refractivity contribution in [1.29, 1.82) is 0 Å². The summed E-state index contributed by atoms with van der Waals surface area (Å²) in [6, 6.07) is 16.6. The zero-order chi connectivity index (χ0) is 24.6. The fraction of sp³-hybridized carbons (Fsp3) is 0.0800. The van der Waals surface area contributed by atoms with Gasteiger partial charge in [-0.15, -0.1) is 0 Å². The maximum Gasteiger partial charge on any atom is 0.283 e. The standard InChI is InChI=1S/C25H18Cl3N3O3/c1-13-6-9-16(26)12-19(13)30-23(32)15-7-10-17(11-8-15)29-22-21(28)24(33)31(25(22)34)20-5-3-4-18(27)14(20)2/h3-12,29H,1-2H3,(H,30,32). The first-order chi connectivity index (χ1) is 16.2. The molecule has 0 spiro atoms. The largest absolute Gasteiger partial charge is 0.350 e. The van der Waals surface area contributed by atoms with E-state index in [1.54, 1.807) is 61.5 Å². The molecule has 34 heavy (non-hydrogen) atoms. The second-order valence-electron chi connectivity index (χ2n) is 7.63. The van der Waals surface area contributed by atoms with Crippen molar-refractivity contribution in [2.24, 2.45) is 0 Å². The summed E-state index contributed by atoms with van der Waals surface area (Å²) in [5.41, 5.74) is 3.26. The minimum atomic E-state index is -0.646. The minimum Gasteiger partial charge on any atom is -0.350 e. The number of amides is 3. The molecule has 1 aliphatic heterocycles. The van der Waals surface area contributed by atoms with Crippen LogP contribution in [0.2, 0.25) is 10.0 Å². The highest BCUT2D eigenvalue weighted by atomic mass is 35.5. The molecule has 0 aromatic heterocycles. The van der Waals surface area contributed by atoms with E-state index in [-0.39, 0.29) is 16.6 Å². The molecule has 6 nitrogen and oxygen atoms in total. The number of aryl methyl sites for hydroxylation is 1. The molecule has 0 bridgehead atoms. The van der Waals surface area contributed by atoms with Gasteiger partial charge in [-0.25, -0.2) is 4.90 Å². The Bertz CT molecular complexity index is 1370. The van der Waals surface area contributed by atoms with Crippen molar-refractivity contribution in [3.8, 4) is 0 Å². The van der Waals surface area contributed by atoms with Gasteiger partial charge in [0.1, 0.15) is 10.7 Å². The van der Waals surface area contributed by atoms with Crippen molar-refractivity contribution < 1.29 is 14.4 Å². The van der Waals surface area contributed by atoms with Crippen LogP contribution in [-0.2, 0) is 9.59 Å². The van der Waals surface area contributed by atoms with E-state index in [0.29, 0.717) is 38.2 Å². The van der Waals surface area contributed by atoms with Gasteiger partial charge in [-0.2, -0.15) is 0 Å². The van der Waals surface area contributed by atoms with Crippen molar-refractivity contribution in [1.82, 2.24) is 0 Å². The number of nitrogens with zero attached hydrogens (tertiary/aromatic N) is 1. The van der Waals surface area contributed by atoms with Gasteiger partial charge >= 0.3 is 0 Å². The molecule has 0 saturated heterocycles. The lowest BCUT2D eigenvalue weighted by atomic mass is 10.1. The summed E-state index contributed by atoms with van der Waals surface area (Å²) in [7, 11) is 0. The van der Waals surface area contributed by atoms with Crippen LogP contribution in [0.4, 0.5) is 17.1 Å². The van der Waals surface area contributed by atoms with Crippen LogP contribution in [0, 0.1) is 13.8 Å². The highest BCUT2D eigenvalue weighted by Gasteiger charge is 2.39. The molecule has 0 saturated carbocycles. The maximum absolute atomic E-state index is 13.0. The summed E-state index contributed by atoms with van der Waals surface area (Å²) in [5, 5.41) is 6.43. The second-order valence-corrected chi connectivity index (χ2v) is 8.86. The molecular weight excluding hydrogens is 497 g/mol. The zero-order valence-electron chi connectivity index (χ0n) is 18.1. The van der Waals surface area contributed by atoms with Crippen LogP contribution in [0.3, 0.4) is 0 Å². The van der Waals surface area contributed by atoms with Crippen LogP contribution >= 0.6 is 34.8 Å². The molecule has 0 atom stereocenters. The molecule has 0 radical (unpaired) electrons. The van der Waals surface area contributed by atoms with Crippen molar-refractivity contribution in [2.75, 3.05) is 15.5 Å². The predicted octanol–water partition coefficient (Wildman–Crippen LogP) is 6.30. The van der Waals surface area contributed by atoms with Crippen LogP contribution in [0.5, 0.6) is 0 Å². The third-order valence-corrected chi connectivity index (χ3v) is 6.37. The van der Waals surface area contributed by atoms with Gasteiger partial charge < -0.3 is 10.6 Å². The molecule has 1 heterocycles. The number of hydrogen-bond donors (Lipinski definition) is 2. The Hall–Kier alpha value is -3.32. The van der Waals surface area contributed by atoms with E-state index in [0.717, 1.165) is 10.5 Å². The first-order valence-electron chi connectivity index (χ1n) is 10.2. The minimum absolute atomic E-state index is 0.0576. The maximum atomic E-state index is 13.0. The predicted molar refractivity (Wildman–Crippen MR) is 136 cm³/mol. The van der Waals surface area contributed by atoms with Crippen molar-refractivity contribution >= 4 is 69.6 Å². The van der Waals surface area contributed by atoms with Gasteiger partial charge in [0.25, 0.3) is 17.7 Å². The van der Waals surface area contributed by atoms with Gasteiger partial charge in [0.15, 0.2) is 0 Å². The van der Waals surface area contributed by atoms with Gasteiger partial charge in [-0.05, 0) is 73.5 Å². The first-order valence-corrected chi connectivity index (χ1v) is 11.3. The molecule has 9 heteroatoms. The van der Waals surface area contributed by atoms with E-state index in [1.807, 2.05) is 13.0 Å². The topological polar surface area (TPSA) is 78.5 Å². The molecule has 3 aromatic rings. The smallest absolute Gasteiger partial charge is 0.283 e. The first kappa shape index (κ1) is 23.8. The number of halogens is 3. The Labute approximate surface area is 211 Å². The number of carbonyl (C=O) groups excluding carboxylic acids is 3. The Morgan fingerprint density at radius 2 is 1.59 bits per heavy atom. The summed E-state index contributed by atoms with van der Waals surface area (Å²) in [4.78, 5) is 39.3. The van der Waals surface area contributed by atoms with E-state index in [2.05, 4.69) is 10.6 Å². The Morgan fingerprint density at radius 3 is 2.29 bits per heavy atom. The van der Waals surface area contributed by atoms with Crippen LogP contribution in [0.15, 0.2) is 71.4 Å². The van der Waals surface area contributed by atoms with Gasteiger partial charge in [-0.3, -0.25) is 14.4 Å². The molecule has 4 rings (SSSR count). The Kier molecular flexibility index (Phi) is 6.66. The summed E-state index contributed by atoms with van der Waals surface area (Å²) < 4.78 is 0. The van der Waals surface area contributed by atoms with Crippen LogP contribution in [-0.4, -0.2) is 17.7 Å². The number of imide groups is 1. The Balaban J connectivity index is 1.51. The molecule has 3 aromatic carbocycles. The van der Waals surface area contributed by atoms with E-state index < -0.39 is 11.8 Å². The Morgan fingerprint density at radius 1 is 0.882 bits per heavy atom. The van der Waals surface area contributed by atoms with Crippen molar-refractivity contribution in [2.45, 2.75) is 13.8 Å². The number of carbonyl (C=O) groups is 3. The van der Waals surface area contributed by atoms with E-state index in [1.165, 1.54) is 0 Å². The molecule has 0 fully saturated rings. The lowest BCUT2D eigenvalue weighted by molar-refractivity contribution is -0.120. The fourth-order valence-corrected chi connectivity index (χ4v) is 4.00. The van der Waals surface area contributed by atoms with Gasteiger partial charge in [-0.1, -0.05) is 46.9 Å². The van der Waals surface area contributed by atoms with E-state index in [4.69, 9.17) is 34.8 Å². The molecule has 3 amide bonds. The fourth-order valence-electron chi connectivity index (χ4n) is 3.44. The zero-order valence-corrected chi connectivity index (χ0v) is 20.3. The normalized spacial score (nSPS) is 13.5. The highest BCUT2D eigenvalue weighted by Crippen LogP contribution is 2.34. The highest BCUT2D eigenvalue weighted by molar-refractivity contribution is 6.53. The summed E-state index contributed by atoms with van der Waals surface area (Å²) >= 11 is 18.4.